The van der Waals surface area contributed by atoms with Gasteiger partial charge < -0.3 is 14.8 Å². The second-order valence-electron chi connectivity index (χ2n) is 6.80. The number of hydrogen-bond donors (Lipinski definition) is 1. The van der Waals surface area contributed by atoms with Crippen molar-refractivity contribution in [3.05, 3.63) is 40.6 Å². The molecule has 0 radical (unpaired) electrons. The second-order valence-corrected chi connectivity index (χ2v) is 7.83. The lowest BCUT2D eigenvalue weighted by molar-refractivity contribution is -0.136. The van der Waals surface area contributed by atoms with Crippen molar-refractivity contribution >= 4 is 23.2 Å². The zero-order valence-electron chi connectivity index (χ0n) is 14.6. The molecule has 1 N–H and O–H groups in total. The lowest BCUT2D eigenvalue weighted by Crippen LogP contribution is -2.47. The molecule has 7 heteroatoms. The van der Waals surface area contributed by atoms with Crippen molar-refractivity contribution in [3.8, 4) is 0 Å². The van der Waals surface area contributed by atoms with Gasteiger partial charge in [0.1, 0.15) is 6.04 Å². The molecule has 25 heavy (non-hydrogen) atoms. The SMILES string of the molecule is CC(C)CC(=O)N1Cc2cncn2[C@@H](C(=O)NCCc2cccs2)C1. The van der Waals surface area contributed by atoms with E-state index in [2.05, 4.69) is 16.4 Å². The topological polar surface area (TPSA) is 67.2 Å². The van der Waals surface area contributed by atoms with E-state index >= 15 is 0 Å². The molecule has 1 atom stereocenters. The molecule has 1 aliphatic heterocycles. The summed E-state index contributed by atoms with van der Waals surface area (Å²) in [5, 5.41) is 5.04. The van der Waals surface area contributed by atoms with Crippen LogP contribution in [-0.2, 0) is 22.6 Å². The predicted octanol–water partition coefficient (Wildman–Crippen LogP) is 2.23. The van der Waals surface area contributed by atoms with E-state index in [9.17, 15) is 9.59 Å². The van der Waals surface area contributed by atoms with Gasteiger partial charge in [-0.05, 0) is 23.8 Å². The fraction of sp³-hybridized carbons (Fsp3) is 0.500. The van der Waals surface area contributed by atoms with Crippen LogP contribution in [0.3, 0.4) is 0 Å². The summed E-state index contributed by atoms with van der Waals surface area (Å²) in [7, 11) is 0. The average molecular weight is 360 g/mol. The first kappa shape index (κ1) is 17.7. The van der Waals surface area contributed by atoms with Crippen LogP contribution in [0.5, 0.6) is 0 Å². The van der Waals surface area contributed by atoms with Gasteiger partial charge in [-0.1, -0.05) is 19.9 Å². The first-order chi connectivity index (χ1) is 12.0. The Morgan fingerprint density at radius 3 is 3.00 bits per heavy atom. The molecule has 6 nitrogen and oxygen atoms in total. The number of aromatic nitrogens is 2. The van der Waals surface area contributed by atoms with Crippen LogP contribution in [0.15, 0.2) is 30.0 Å². The molecular formula is C18H24N4O2S. The van der Waals surface area contributed by atoms with E-state index in [0.717, 1.165) is 12.1 Å². The van der Waals surface area contributed by atoms with Gasteiger partial charge in [0.25, 0.3) is 0 Å². The van der Waals surface area contributed by atoms with Gasteiger partial charge in [0, 0.05) is 24.0 Å². The van der Waals surface area contributed by atoms with E-state index in [-0.39, 0.29) is 11.8 Å². The minimum atomic E-state index is -0.411. The first-order valence-electron chi connectivity index (χ1n) is 8.63. The maximum Gasteiger partial charge on any atom is 0.244 e. The van der Waals surface area contributed by atoms with Gasteiger partial charge in [-0.15, -0.1) is 11.3 Å². The zero-order chi connectivity index (χ0) is 17.8. The number of fused-ring (bicyclic) bond motifs is 1. The Labute approximate surface area is 151 Å². The summed E-state index contributed by atoms with van der Waals surface area (Å²) in [6.45, 7) is 5.58. The summed E-state index contributed by atoms with van der Waals surface area (Å²) in [5.41, 5.74) is 0.904. The maximum atomic E-state index is 12.7. The van der Waals surface area contributed by atoms with Crippen molar-refractivity contribution in [1.82, 2.24) is 19.8 Å². The Hall–Kier alpha value is -2.15. The van der Waals surface area contributed by atoms with E-state index in [0.29, 0.717) is 32.0 Å². The van der Waals surface area contributed by atoms with Crippen molar-refractivity contribution in [2.24, 2.45) is 5.92 Å². The van der Waals surface area contributed by atoms with Gasteiger partial charge in [0.05, 0.1) is 25.1 Å². The minimum Gasteiger partial charge on any atom is -0.354 e. The highest BCUT2D eigenvalue weighted by Crippen LogP contribution is 2.22. The summed E-state index contributed by atoms with van der Waals surface area (Å²) in [4.78, 5) is 32.3. The Morgan fingerprint density at radius 1 is 1.44 bits per heavy atom. The summed E-state index contributed by atoms with van der Waals surface area (Å²) < 4.78 is 1.89. The lowest BCUT2D eigenvalue weighted by atomic mass is 10.1. The molecule has 0 spiro atoms. The summed E-state index contributed by atoms with van der Waals surface area (Å²) >= 11 is 1.69. The van der Waals surface area contributed by atoms with E-state index in [1.807, 2.05) is 29.9 Å². The van der Waals surface area contributed by atoms with Crippen molar-refractivity contribution < 1.29 is 9.59 Å². The maximum absolute atomic E-state index is 12.7. The molecule has 0 bridgehead atoms. The van der Waals surface area contributed by atoms with E-state index < -0.39 is 6.04 Å². The van der Waals surface area contributed by atoms with Crippen LogP contribution >= 0.6 is 11.3 Å². The van der Waals surface area contributed by atoms with Crippen molar-refractivity contribution in [1.29, 1.82) is 0 Å². The number of carbonyl (C=O) groups is 2. The van der Waals surface area contributed by atoms with E-state index in [1.165, 1.54) is 4.88 Å². The van der Waals surface area contributed by atoms with E-state index in [1.54, 1.807) is 28.8 Å². The van der Waals surface area contributed by atoms with Gasteiger partial charge >= 0.3 is 0 Å². The molecular weight excluding hydrogens is 336 g/mol. The van der Waals surface area contributed by atoms with Crippen LogP contribution in [0.2, 0.25) is 0 Å². The average Bonchev–Trinajstić information content (AvgIpc) is 3.24. The molecule has 2 aromatic rings. The molecule has 2 aromatic heterocycles. The molecule has 134 valence electrons. The third kappa shape index (κ3) is 4.28. The molecule has 0 aromatic carbocycles. The fourth-order valence-corrected chi connectivity index (χ4v) is 3.76. The molecule has 0 fully saturated rings. The van der Waals surface area contributed by atoms with Crippen LogP contribution in [0.25, 0.3) is 0 Å². The molecule has 2 amide bonds. The number of rotatable bonds is 6. The number of hydrogen-bond acceptors (Lipinski definition) is 4. The van der Waals surface area contributed by atoms with Crippen LogP contribution in [0, 0.1) is 5.92 Å². The minimum absolute atomic E-state index is 0.0575. The third-order valence-electron chi connectivity index (χ3n) is 4.32. The highest BCUT2D eigenvalue weighted by Gasteiger charge is 2.32. The Bertz CT molecular complexity index is 723. The van der Waals surface area contributed by atoms with Gasteiger partial charge in [-0.3, -0.25) is 9.59 Å². The molecule has 3 rings (SSSR count). The first-order valence-corrected chi connectivity index (χ1v) is 9.51. The lowest BCUT2D eigenvalue weighted by Gasteiger charge is -2.34. The number of amides is 2. The van der Waals surface area contributed by atoms with Crippen LogP contribution in [0.1, 0.15) is 36.9 Å². The van der Waals surface area contributed by atoms with Crippen molar-refractivity contribution in [2.45, 2.75) is 39.3 Å². The highest BCUT2D eigenvalue weighted by molar-refractivity contribution is 7.09. The largest absolute Gasteiger partial charge is 0.354 e. The zero-order valence-corrected chi connectivity index (χ0v) is 15.5. The van der Waals surface area contributed by atoms with Crippen LogP contribution < -0.4 is 5.32 Å². The Balaban J connectivity index is 1.64. The highest BCUT2D eigenvalue weighted by atomic mass is 32.1. The summed E-state index contributed by atoms with van der Waals surface area (Å²) in [5.74, 6) is 0.342. The fourth-order valence-electron chi connectivity index (χ4n) is 3.05. The molecule has 0 aliphatic carbocycles. The monoisotopic (exact) mass is 360 g/mol. The molecule has 0 saturated heterocycles. The standard InChI is InChI=1S/C18H24N4O2S/c1-13(2)8-17(23)21-10-14-9-19-12-22(14)16(11-21)18(24)20-6-5-15-4-3-7-25-15/h3-4,7,9,12-13,16H,5-6,8,10-11H2,1-2H3,(H,20,24)/t16-/m1/s1. The van der Waals surface area contributed by atoms with Crippen molar-refractivity contribution in [3.63, 3.8) is 0 Å². The number of nitrogens with one attached hydrogen (secondary N) is 1. The van der Waals surface area contributed by atoms with Gasteiger partial charge in [-0.25, -0.2) is 4.98 Å². The number of carbonyl (C=O) groups excluding carboxylic acids is 2. The molecule has 0 unspecified atom stereocenters. The number of imidazole rings is 1. The predicted molar refractivity (Wildman–Crippen MR) is 97.2 cm³/mol. The smallest absolute Gasteiger partial charge is 0.244 e. The number of nitrogens with zero attached hydrogens (tertiary/aromatic N) is 3. The van der Waals surface area contributed by atoms with Gasteiger partial charge in [0.15, 0.2) is 0 Å². The second kappa shape index (κ2) is 7.82. The van der Waals surface area contributed by atoms with Gasteiger partial charge in [-0.2, -0.15) is 0 Å². The number of thiophene rings is 1. The van der Waals surface area contributed by atoms with Gasteiger partial charge in [0.2, 0.25) is 11.8 Å². The van der Waals surface area contributed by atoms with Crippen LogP contribution in [-0.4, -0.2) is 39.4 Å². The molecule has 1 aliphatic rings. The quantitative estimate of drug-likeness (QED) is 0.859. The third-order valence-corrected chi connectivity index (χ3v) is 5.25. The van der Waals surface area contributed by atoms with Crippen LogP contribution in [0.4, 0.5) is 0 Å². The van der Waals surface area contributed by atoms with E-state index in [4.69, 9.17) is 0 Å². The van der Waals surface area contributed by atoms with Crippen molar-refractivity contribution in [2.75, 3.05) is 13.1 Å². The summed E-state index contributed by atoms with van der Waals surface area (Å²) in [6.07, 6.45) is 4.74. The Kier molecular flexibility index (Phi) is 5.53. The Morgan fingerprint density at radius 2 is 2.28 bits per heavy atom. The normalized spacial score (nSPS) is 16.8. The molecule has 0 saturated carbocycles. The summed E-state index contributed by atoms with van der Waals surface area (Å²) in [6, 6.07) is 3.67. The molecule has 3 heterocycles.